The number of aliphatic hydroxyl groups excluding tert-OH is 1. The summed E-state index contributed by atoms with van der Waals surface area (Å²) in [5.74, 6) is 1.29. The summed E-state index contributed by atoms with van der Waals surface area (Å²) in [5, 5.41) is 11.8. The first-order chi connectivity index (χ1) is 9.15. The quantitative estimate of drug-likeness (QED) is 0.821. The lowest BCUT2D eigenvalue weighted by Gasteiger charge is -2.12. The number of benzene rings is 1. The number of hydrogen-bond donors (Lipinski definition) is 2. The second-order valence-electron chi connectivity index (χ2n) is 5.15. The summed E-state index contributed by atoms with van der Waals surface area (Å²) in [6, 6.07) is 7.93. The van der Waals surface area contributed by atoms with E-state index in [0.29, 0.717) is 12.3 Å². The lowest BCUT2D eigenvalue weighted by molar-refractivity contribution is -0.123. The van der Waals surface area contributed by atoms with Gasteiger partial charge in [-0.1, -0.05) is 12.1 Å². The van der Waals surface area contributed by atoms with Crippen LogP contribution in [0.2, 0.25) is 0 Å². The highest BCUT2D eigenvalue weighted by Crippen LogP contribution is 2.48. The van der Waals surface area contributed by atoms with E-state index in [1.165, 1.54) is 0 Å². The molecule has 1 fully saturated rings. The highest BCUT2D eigenvalue weighted by atomic mass is 16.5. The first-order valence-corrected chi connectivity index (χ1v) is 6.71. The van der Waals surface area contributed by atoms with Gasteiger partial charge < -0.3 is 15.2 Å². The number of aliphatic hydroxyl groups is 1. The van der Waals surface area contributed by atoms with E-state index in [4.69, 9.17) is 9.84 Å². The summed E-state index contributed by atoms with van der Waals surface area (Å²) in [6.07, 6.45) is 1.49. The van der Waals surface area contributed by atoms with Crippen LogP contribution in [0.5, 0.6) is 5.75 Å². The smallest absolute Gasteiger partial charge is 0.223 e. The van der Waals surface area contributed by atoms with E-state index >= 15 is 0 Å². The van der Waals surface area contributed by atoms with Crippen molar-refractivity contribution in [2.45, 2.75) is 31.7 Å². The van der Waals surface area contributed by atoms with Gasteiger partial charge in [0.25, 0.3) is 0 Å². The second-order valence-corrected chi connectivity index (χ2v) is 5.15. The molecule has 3 atom stereocenters. The molecular weight excluding hydrogens is 242 g/mol. The number of amides is 1. The average molecular weight is 263 g/mol. The zero-order chi connectivity index (χ0) is 13.8. The Morgan fingerprint density at radius 3 is 3.05 bits per heavy atom. The van der Waals surface area contributed by atoms with Crippen LogP contribution in [0.1, 0.15) is 31.2 Å². The molecule has 3 unspecified atom stereocenters. The van der Waals surface area contributed by atoms with Gasteiger partial charge in [0.05, 0.1) is 7.11 Å². The third-order valence-corrected chi connectivity index (χ3v) is 3.60. The number of carbonyl (C=O) groups is 1. The fourth-order valence-electron chi connectivity index (χ4n) is 2.34. The maximum absolute atomic E-state index is 12.0. The Bertz CT molecular complexity index is 447. The standard InChI is InChI=1S/C15H21NO3/c1-10(6-7-17)16-15(18)14-9-13(14)11-4-3-5-12(8-11)19-2/h3-5,8,10,13-14,17H,6-7,9H2,1-2H3,(H,16,18). The number of rotatable bonds is 6. The monoisotopic (exact) mass is 263 g/mol. The summed E-state index contributed by atoms with van der Waals surface area (Å²) in [7, 11) is 1.65. The predicted molar refractivity (Wildman–Crippen MR) is 73.1 cm³/mol. The second kappa shape index (κ2) is 6.06. The van der Waals surface area contributed by atoms with E-state index in [1.54, 1.807) is 7.11 Å². The van der Waals surface area contributed by atoms with Gasteiger partial charge in [0.15, 0.2) is 0 Å². The van der Waals surface area contributed by atoms with Crippen LogP contribution in [-0.2, 0) is 4.79 Å². The minimum Gasteiger partial charge on any atom is -0.497 e. The maximum atomic E-state index is 12.0. The molecule has 2 N–H and O–H groups in total. The molecule has 4 nitrogen and oxygen atoms in total. The molecule has 1 aliphatic carbocycles. The molecule has 0 bridgehead atoms. The highest BCUT2D eigenvalue weighted by Gasteiger charge is 2.44. The van der Waals surface area contributed by atoms with Gasteiger partial charge in [0.1, 0.15) is 5.75 Å². The third kappa shape index (κ3) is 3.47. The summed E-state index contributed by atoms with van der Waals surface area (Å²) in [5.41, 5.74) is 1.16. The zero-order valence-corrected chi connectivity index (χ0v) is 11.4. The van der Waals surface area contributed by atoms with Crippen LogP contribution in [0.15, 0.2) is 24.3 Å². The molecule has 0 aromatic heterocycles. The molecule has 2 rings (SSSR count). The fourth-order valence-corrected chi connectivity index (χ4v) is 2.34. The Kier molecular flexibility index (Phi) is 4.43. The normalized spacial score (nSPS) is 22.7. The number of ether oxygens (including phenoxy) is 1. The molecule has 1 amide bonds. The molecule has 4 heteroatoms. The first kappa shape index (κ1) is 13.9. The van der Waals surface area contributed by atoms with Gasteiger partial charge in [-0.05, 0) is 43.4 Å². The lowest BCUT2D eigenvalue weighted by Crippen LogP contribution is -2.34. The van der Waals surface area contributed by atoms with Crippen LogP contribution >= 0.6 is 0 Å². The molecule has 19 heavy (non-hydrogen) atoms. The van der Waals surface area contributed by atoms with Gasteiger partial charge in [0.2, 0.25) is 5.91 Å². The van der Waals surface area contributed by atoms with Crippen molar-refractivity contribution in [1.29, 1.82) is 0 Å². The van der Waals surface area contributed by atoms with Gasteiger partial charge in [0, 0.05) is 18.6 Å². The van der Waals surface area contributed by atoms with Crippen molar-refractivity contribution >= 4 is 5.91 Å². The van der Waals surface area contributed by atoms with Gasteiger partial charge in [-0.15, -0.1) is 0 Å². The fraction of sp³-hybridized carbons (Fsp3) is 0.533. The number of methoxy groups -OCH3 is 1. The maximum Gasteiger partial charge on any atom is 0.223 e. The van der Waals surface area contributed by atoms with Gasteiger partial charge in [-0.2, -0.15) is 0 Å². The Balaban J connectivity index is 1.91. The minimum absolute atomic E-state index is 0.0315. The molecule has 0 radical (unpaired) electrons. The first-order valence-electron chi connectivity index (χ1n) is 6.71. The molecule has 1 aromatic carbocycles. The number of nitrogens with one attached hydrogen (secondary N) is 1. The summed E-state index contributed by atoms with van der Waals surface area (Å²) >= 11 is 0. The average Bonchev–Trinajstić information content (AvgIpc) is 3.19. The van der Waals surface area contributed by atoms with Crippen molar-refractivity contribution in [1.82, 2.24) is 5.32 Å². The Morgan fingerprint density at radius 2 is 2.37 bits per heavy atom. The van der Waals surface area contributed by atoms with E-state index in [-0.39, 0.29) is 24.5 Å². The third-order valence-electron chi connectivity index (χ3n) is 3.60. The molecular formula is C15H21NO3. The van der Waals surface area contributed by atoms with Crippen LogP contribution in [0.3, 0.4) is 0 Å². The van der Waals surface area contributed by atoms with Crippen LogP contribution < -0.4 is 10.1 Å². The Morgan fingerprint density at radius 1 is 1.58 bits per heavy atom. The van der Waals surface area contributed by atoms with Gasteiger partial charge >= 0.3 is 0 Å². The van der Waals surface area contributed by atoms with Crippen LogP contribution in [0, 0.1) is 5.92 Å². The summed E-state index contributed by atoms with van der Waals surface area (Å²) in [6.45, 7) is 2.02. The van der Waals surface area contributed by atoms with Crippen molar-refractivity contribution in [3.8, 4) is 5.75 Å². The van der Waals surface area contributed by atoms with Crippen molar-refractivity contribution in [3.63, 3.8) is 0 Å². The highest BCUT2D eigenvalue weighted by molar-refractivity contribution is 5.83. The summed E-state index contributed by atoms with van der Waals surface area (Å²) < 4.78 is 5.20. The van der Waals surface area contributed by atoms with E-state index in [1.807, 2.05) is 31.2 Å². The summed E-state index contributed by atoms with van der Waals surface area (Å²) in [4.78, 5) is 12.0. The zero-order valence-electron chi connectivity index (χ0n) is 11.4. The largest absolute Gasteiger partial charge is 0.497 e. The van der Waals surface area contributed by atoms with Crippen LogP contribution in [0.4, 0.5) is 0 Å². The molecule has 0 spiro atoms. The lowest BCUT2D eigenvalue weighted by atomic mass is 10.1. The SMILES string of the molecule is COc1cccc(C2CC2C(=O)NC(C)CCO)c1. The minimum atomic E-state index is 0.0315. The topological polar surface area (TPSA) is 58.6 Å². The Hall–Kier alpha value is -1.55. The van der Waals surface area contributed by atoms with Crippen LogP contribution in [-0.4, -0.2) is 30.8 Å². The van der Waals surface area contributed by atoms with Gasteiger partial charge in [-0.3, -0.25) is 4.79 Å². The van der Waals surface area contributed by atoms with E-state index in [9.17, 15) is 4.79 Å². The number of hydrogen-bond acceptors (Lipinski definition) is 3. The molecule has 0 saturated heterocycles. The van der Waals surface area contributed by atoms with E-state index in [0.717, 1.165) is 17.7 Å². The van der Waals surface area contributed by atoms with Crippen molar-refractivity contribution in [2.75, 3.05) is 13.7 Å². The molecule has 1 aromatic rings. The van der Waals surface area contributed by atoms with Gasteiger partial charge in [-0.25, -0.2) is 0 Å². The predicted octanol–water partition coefficient (Wildman–Crippen LogP) is 1.69. The number of carbonyl (C=O) groups excluding carboxylic acids is 1. The van der Waals surface area contributed by atoms with Crippen molar-refractivity contribution < 1.29 is 14.6 Å². The van der Waals surface area contributed by atoms with Crippen molar-refractivity contribution in [3.05, 3.63) is 29.8 Å². The molecule has 0 aliphatic heterocycles. The van der Waals surface area contributed by atoms with E-state index < -0.39 is 0 Å². The van der Waals surface area contributed by atoms with Crippen LogP contribution in [0.25, 0.3) is 0 Å². The molecule has 1 saturated carbocycles. The molecule has 0 heterocycles. The van der Waals surface area contributed by atoms with Crippen molar-refractivity contribution in [2.24, 2.45) is 5.92 Å². The molecule has 104 valence electrons. The Labute approximate surface area is 113 Å². The van der Waals surface area contributed by atoms with E-state index in [2.05, 4.69) is 5.32 Å². The molecule has 1 aliphatic rings.